The maximum atomic E-state index is 6.69. The summed E-state index contributed by atoms with van der Waals surface area (Å²) in [6, 6.07) is 76.6. The Morgan fingerprint density at radius 2 is 1.09 bits per heavy atom. The van der Waals surface area contributed by atoms with Crippen molar-refractivity contribution in [2.45, 2.75) is 26.2 Å². The van der Waals surface area contributed by atoms with Crippen LogP contribution in [0.15, 0.2) is 225 Å². The second-order valence-electron chi connectivity index (χ2n) is 17.5. The molecule has 0 atom stereocenters. The van der Waals surface area contributed by atoms with Crippen molar-refractivity contribution in [1.82, 2.24) is 19.1 Å². The van der Waals surface area contributed by atoms with Crippen LogP contribution in [-0.4, -0.2) is 27.2 Å². The highest BCUT2D eigenvalue weighted by molar-refractivity contribution is 7.19. The van der Waals surface area contributed by atoms with E-state index in [1.54, 1.807) is 0 Å². The molecule has 11 aromatic rings. The number of fused-ring (bicyclic) bond motifs is 4. The zero-order valence-corrected chi connectivity index (χ0v) is 37.1. The second-order valence-corrected chi connectivity index (χ2v) is 21.3. The molecule has 8 aromatic carbocycles. The molecule has 0 fully saturated rings. The summed E-state index contributed by atoms with van der Waals surface area (Å²) in [4.78, 5) is 9.61. The lowest BCUT2D eigenvalue weighted by atomic mass is 9.88. The third kappa shape index (κ3) is 6.80. The van der Waals surface area contributed by atoms with Gasteiger partial charge in [0, 0.05) is 29.1 Å². The topological polar surface area (TPSA) is 44.9 Å². The van der Waals surface area contributed by atoms with Gasteiger partial charge in [0.1, 0.15) is 23.6 Å². The number of para-hydroxylation sites is 2. The van der Waals surface area contributed by atoms with Crippen molar-refractivity contribution in [2.75, 3.05) is 0 Å². The Bertz CT molecular complexity index is 3360. The van der Waals surface area contributed by atoms with Crippen LogP contribution < -0.4 is 25.5 Å². The van der Waals surface area contributed by atoms with E-state index in [1.807, 2.05) is 42.9 Å². The van der Waals surface area contributed by atoms with Crippen LogP contribution in [0.3, 0.4) is 0 Å². The highest BCUT2D eigenvalue weighted by Gasteiger charge is 2.41. The molecule has 0 bridgehead atoms. The van der Waals surface area contributed by atoms with Crippen LogP contribution in [0.4, 0.5) is 0 Å². The summed E-state index contributed by atoms with van der Waals surface area (Å²) in [6.07, 6.45) is 3.80. The molecule has 64 heavy (non-hydrogen) atoms. The molecule has 0 aliphatic heterocycles. The number of benzene rings is 8. The maximum absolute atomic E-state index is 6.69. The minimum Gasteiger partial charge on any atom is -0.457 e. The number of pyridine rings is 1. The normalized spacial score (nSPS) is 12.0. The molecule has 0 spiro atoms. The molecule has 3 aromatic heterocycles. The predicted octanol–water partition coefficient (Wildman–Crippen LogP) is 11.7. The van der Waals surface area contributed by atoms with Gasteiger partial charge in [0.05, 0.1) is 27.8 Å². The average molecular weight is 843 g/mol. The monoisotopic (exact) mass is 842 g/mol. The van der Waals surface area contributed by atoms with Crippen molar-refractivity contribution in [3.05, 3.63) is 230 Å². The van der Waals surface area contributed by atoms with Crippen molar-refractivity contribution >= 4 is 61.7 Å². The highest BCUT2D eigenvalue weighted by Crippen LogP contribution is 2.38. The largest absolute Gasteiger partial charge is 0.457 e. The van der Waals surface area contributed by atoms with Crippen molar-refractivity contribution < 1.29 is 4.74 Å². The molecule has 0 radical (unpaired) electrons. The molecule has 0 aliphatic carbocycles. The first-order valence-corrected chi connectivity index (χ1v) is 23.9. The van der Waals surface area contributed by atoms with E-state index in [0.29, 0.717) is 0 Å². The lowest BCUT2D eigenvalue weighted by Crippen LogP contribution is -2.74. The molecular weight excluding hydrogens is 797 g/mol. The van der Waals surface area contributed by atoms with E-state index in [-0.39, 0.29) is 5.41 Å². The number of aromatic nitrogens is 4. The molecular formula is C58H46N4OSi. The zero-order chi connectivity index (χ0) is 43.3. The fourth-order valence-corrected chi connectivity index (χ4v) is 14.3. The van der Waals surface area contributed by atoms with Gasteiger partial charge in [0.25, 0.3) is 0 Å². The molecule has 0 aliphatic rings. The first kappa shape index (κ1) is 39.1. The maximum Gasteiger partial charge on any atom is 0.179 e. The molecule has 3 heterocycles. The van der Waals surface area contributed by atoms with E-state index in [1.165, 1.54) is 31.9 Å². The smallest absolute Gasteiger partial charge is 0.179 e. The van der Waals surface area contributed by atoms with Gasteiger partial charge in [-0.1, -0.05) is 160 Å². The number of ether oxygens (including phenoxy) is 1. The third-order valence-electron chi connectivity index (χ3n) is 12.6. The third-order valence-corrected chi connectivity index (χ3v) is 17.4. The van der Waals surface area contributed by atoms with Gasteiger partial charge >= 0.3 is 0 Å². The summed E-state index contributed by atoms with van der Waals surface area (Å²) >= 11 is 0. The van der Waals surface area contributed by atoms with E-state index in [9.17, 15) is 0 Å². The average Bonchev–Trinajstić information content (AvgIpc) is 3.92. The Labute approximate surface area is 374 Å². The minimum atomic E-state index is -2.72. The van der Waals surface area contributed by atoms with Gasteiger partial charge in [0.15, 0.2) is 8.07 Å². The highest BCUT2D eigenvalue weighted by atomic mass is 28.3. The minimum absolute atomic E-state index is 0.0493. The zero-order valence-electron chi connectivity index (χ0n) is 36.1. The Morgan fingerprint density at radius 3 is 1.81 bits per heavy atom. The van der Waals surface area contributed by atoms with Gasteiger partial charge in [-0.2, -0.15) is 0 Å². The summed E-state index contributed by atoms with van der Waals surface area (Å²) < 4.78 is 11.1. The van der Waals surface area contributed by atoms with Crippen LogP contribution in [-0.2, 0) is 5.41 Å². The lowest BCUT2D eigenvalue weighted by molar-refractivity contribution is 0.483. The SMILES string of the molecule is CC(C)(C)c1ccnc(-n2c3ccc(-c4cccc([Si](c5ccccc5)(c5ccccc5)c5ccccc5)c4)cc3c3ccc(Oc4cccc(-n5cnc6ccccc65)c4)cc32)c1. The second kappa shape index (κ2) is 15.8. The fraction of sp³-hybridized carbons (Fsp3) is 0.0690. The summed E-state index contributed by atoms with van der Waals surface area (Å²) in [7, 11) is -2.72. The Hall–Kier alpha value is -7.80. The van der Waals surface area contributed by atoms with Crippen molar-refractivity contribution in [2.24, 2.45) is 0 Å². The van der Waals surface area contributed by atoms with Gasteiger partial charge in [-0.15, -0.1) is 0 Å². The van der Waals surface area contributed by atoms with Crippen LogP contribution in [0.5, 0.6) is 11.5 Å². The Morgan fingerprint density at radius 1 is 0.453 bits per heavy atom. The molecule has 0 unspecified atom stereocenters. The quantitative estimate of drug-likeness (QED) is 0.107. The first-order chi connectivity index (χ1) is 31.3. The van der Waals surface area contributed by atoms with Crippen LogP contribution >= 0.6 is 0 Å². The first-order valence-electron chi connectivity index (χ1n) is 21.9. The van der Waals surface area contributed by atoms with Gasteiger partial charge in [-0.25, -0.2) is 9.97 Å². The van der Waals surface area contributed by atoms with Crippen molar-refractivity contribution in [3.8, 4) is 34.1 Å². The van der Waals surface area contributed by atoms with Crippen molar-refractivity contribution in [3.63, 3.8) is 0 Å². The number of imidazole rings is 1. The molecule has 6 heteroatoms. The van der Waals surface area contributed by atoms with Crippen LogP contribution in [0.25, 0.3) is 55.5 Å². The molecule has 0 saturated carbocycles. The summed E-state index contributed by atoms with van der Waals surface area (Å²) in [6.45, 7) is 6.74. The Kier molecular flexibility index (Phi) is 9.67. The van der Waals surface area contributed by atoms with E-state index >= 15 is 0 Å². The summed E-state index contributed by atoms with van der Waals surface area (Å²) in [5, 5.41) is 7.68. The fourth-order valence-electron chi connectivity index (χ4n) is 9.49. The van der Waals surface area contributed by atoms with Gasteiger partial charge in [-0.05, 0) is 104 Å². The molecule has 0 amide bonds. The lowest BCUT2D eigenvalue weighted by Gasteiger charge is -2.34. The number of nitrogens with zero attached hydrogens (tertiary/aromatic N) is 4. The van der Waals surface area contributed by atoms with Gasteiger partial charge in [0.2, 0.25) is 0 Å². The molecule has 11 rings (SSSR count). The van der Waals surface area contributed by atoms with E-state index < -0.39 is 8.07 Å². The number of hydrogen-bond donors (Lipinski definition) is 0. The van der Waals surface area contributed by atoms with Crippen LogP contribution in [0.2, 0.25) is 0 Å². The summed E-state index contributed by atoms with van der Waals surface area (Å²) in [5.74, 6) is 2.36. The van der Waals surface area contributed by atoms with E-state index in [2.05, 4.69) is 217 Å². The standard InChI is InChI=1S/C58H46N4OSi/c1-58(2,3)43-33-34-59-57(37-43)62-54-32-29-42(41-17-15-26-50(35-41)64(47-20-7-4-8-21-47,48-22-9-5-10-23-48)49-24-11-6-12-25-49)36-52(54)51-31-30-46(39-56(51)62)63-45-19-16-18-44(38-45)61-40-60-53-27-13-14-28-55(53)61/h4-40H,1-3H3. The van der Waals surface area contributed by atoms with Gasteiger partial charge < -0.3 is 4.74 Å². The molecule has 5 nitrogen and oxygen atoms in total. The van der Waals surface area contributed by atoms with E-state index in [0.717, 1.165) is 61.4 Å². The number of hydrogen-bond acceptors (Lipinski definition) is 3. The van der Waals surface area contributed by atoms with Crippen molar-refractivity contribution in [1.29, 1.82) is 0 Å². The molecule has 0 saturated heterocycles. The van der Waals surface area contributed by atoms with Gasteiger partial charge in [-0.3, -0.25) is 9.13 Å². The van der Waals surface area contributed by atoms with Crippen LogP contribution in [0, 0.1) is 0 Å². The van der Waals surface area contributed by atoms with Crippen LogP contribution in [0.1, 0.15) is 26.3 Å². The number of rotatable bonds is 9. The predicted molar refractivity (Wildman–Crippen MR) is 267 cm³/mol. The van der Waals surface area contributed by atoms with E-state index in [4.69, 9.17) is 9.72 Å². The Balaban J connectivity index is 1.06. The molecule has 308 valence electrons. The molecule has 0 N–H and O–H groups in total. The summed E-state index contributed by atoms with van der Waals surface area (Å²) in [5.41, 5.74) is 8.60.